The molecule has 2 aliphatic rings. The Morgan fingerprint density at radius 3 is 2.33 bits per heavy atom. The predicted octanol–water partition coefficient (Wildman–Crippen LogP) is 0.282. The van der Waals surface area contributed by atoms with Gasteiger partial charge in [0.2, 0.25) is 0 Å². The van der Waals surface area contributed by atoms with Crippen molar-refractivity contribution in [1.82, 2.24) is 5.43 Å². The minimum atomic E-state index is -0.554. The van der Waals surface area contributed by atoms with Crippen molar-refractivity contribution < 1.29 is 4.21 Å². The van der Waals surface area contributed by atoms with Crippen LogP contribution in [0, 0.1) is 0 Å². The van der Waals surface area contributed by atoms with E-state index in [2.05, 4.69) is 5.43 Å². The molecule has 2 saturated heterocycles. The van der Waals surface area contributed by atoms with Crippen molar-refractivity contribution in [3.05, 3.63) is 0 Å². The second-order valence-corrected chi connectivity index (χ2v) is 5.83. The summed E-state index contributed by atoms with van der Waals surface area (Å²) in [6.45, 7) is 0. The van der Waals surface area contributed by atoms with Gasteiger partial charge in [0, 0.05) is 27.3 Å². The molecule has 4 heteroatoms. The Morgan fingerprint density at radius 2 is 1.83 bits per heavy atom. The molecule has 2 atom stereocenters. The number of nitrogens with two attached hydrogens (primary N) is 1. The van der Waals surface area contributed by atoms with E-state index in [1.165, 1.54) is 6.42 Å². The normalized spacial score (nSPS) is 47.4. The number of hydrogen-bond donors (Lipinski definition) is 2. The topological polar surface area (TPSA) is 55.1 Å². The lowest BCUT2D eigenvalue weighted by Crippen LogP contribution is -2.48. The van der Waals surface area contributed by atoms with Gasteiger partial charge in [0.1, 0.15) is 0 Å². The fourth-order valence-corrected chi connectivity index (χ4v) is 4.56. The molecule has 2 rings (SSSR count). The number of nitrogens with one attached hydrogen (secondary N) is 1. The maximum atomic E-state index is 11.7. The summed E-state index contributed by atoms with van der Waals surface area (Å²) >= 11 is 0. The first-order valence-electron chi connectivity index (χ1n) is 4.66. The molecule has 0 aliphatic carbocycles. The van der Waals surface area contributed by atoms with Gasteiger partial charge in [0.05, 0.1) is 0 Å². The van der Waals surface area contributed by atoms with Crippen LogP contribution in [0.2, 0.25) is 0 Å². The third kappa shape index (κ3) is 1.43. The first-order chi connectivity index (χ1) is 5.81. The molecule has 3 N–H and O–H groups in total. The average Bonchev–Trinajstić information content (AvgIpc) is 2.04. The van der Waals surface area contributed by atoms with Crippen LogP contribution < -0.4 is 11.3 Å². The Kier molecular flexibility index (Phi) is 2.48. The predicted molar refractivity (Wildman–Crippen MR) is 49.9 cm³/mol. The summed E-state index contributed by atoms with van der Waals surface area (Å²) in [5, 5.41) is 0.858. The van der Waals surface area contributed by atoms with Gasteiger partial charge in [-0.05, 0) is 25.7 Å². The fourth-order valence-electron chi connectivity index (χ4n) is 2.37. The minimum absolute atomic E-state index is 0.415. The Bertz CT molecular complexity index is 181. The Hall–Kier alpha value is 0.0700. The molecule has 0 amide bonds. The first-order valence-corrected chi connectivity index (χ1v) is 5.94. The van der Waals surface area contributed by atoms with E-state index in [4.69, 9.17) is 5.84 Å². The average molecular weight is 188 g/mol. The maximum Gasteiger partial charge on any atom is 0.0366 e. The summed E-state index contributed by atoms with van der Waals surface area (Å²) in [5.41, 5.74) is 2.82. The molecule has 0 saturated carbocycles. The molecule has 2 bridgehead atoms. The van der Waals surface area contributed by atoms with E-state index in [9.17, 15) is 4.21 Å². The Balaban J connectivity index is 2.07. The van der Waals surface area contributed by atoms with Gasteiger partial charge >= 0.3 is 0 Å². The lowest BCUT2D eigenvalue weighted by molar-refractivity contribution is 0.375. The molecule has 0 aromatic heterocycles. The van der Waals surface area contributed by atoms with Crippen molar-refractivity contribution in [2.75, 3.05) is 0 Å². The summed E-state index contributed by atoms with van der Waals surface area (Å²) < 4.78 is 11.7. The van der Waals surface area contributed by atoms with Crippen LogP contribution in [-0.4, -0.2) is 20.8 Å². The van der Waals surface area contributed by atoms with Crippen molar-refractivity contribution >= 4 is 10.8 Å². The monoisotopic (exact) mass is 188 g/mol. The van der Waals surface area contributed by atoms with Crippen LogP contribution in [0.1, 0.15) is 32.1 Å². The maximum absolute atomic E-state index is 11.7. The van der Waals surface area contributed by atoms with Crippen LogP contribution in [0.25, 0.3) is 0 Å². The fraction of sp³-hybridized carbons (Fsp3) is 1.00. The second-order valence-electron chi connectivity index (χ2n) is 3.84. The molecule has 0 spiro atoms. The van der Waals surface area contributed by atoms with Gasteiger partial charge in [-0.1, -0.05) is 6.42 Å². The van der Waals surface area contributed by atoms with Gasteiger partial charge in [-0.15, -0.1) is 0 Å². The van der Waals surface area contributed by atoms with Crippen LogP contribution in [0.15, 0.2) is 0 Å². The zero-order valence-corrected chi connectivity index (χ0v) is 7.98. The molecule has 0 aromatic carbocycles. The van der Waals surface area contributed by atoms with E-state index in [0.29, 0.717) is 16.5 Å². The summed E-state index contributed by atoms with van der Waals surface area (Å²) in [7, 11) is -0.554. The Morgan fingerprint density at radius 1 is 1.25 bits per heavy atom. The standard InChI is InChI=1S/C8H16N2OS/c9-10-6-4-7-2-1-3-8(5-6)12(7)11/h6-8,10H,1-5,9H2. The molecule has 2 aliphatic heterocycles. The molecule has 2 heterocycles. The summed E-state index contributed by atoms with van der Waals surface area (Å²) in [6.07, 6.45) is 5.57. The molecule has 0 radical (unpaired) electrons. The Labute approximate surface area is 75.5 Å². The third-order valence-corrected chi connectivity index (χ3v) is 5.21. The van der Waals surface area contributed by atoms with Gasteiger partial charge in [0.15, 0.2) is 0 Å². The molecule has 12 heavy (non-hydrogen) atoms. The molecule has 70 valence electrons. The van der Waals surface area contributed by atoms with Crippen LogP contribution in [0.5, 0.6) is 0 Å². The largest absolute Gasteiger partial charge is 0.271 e. The molecular formula is C8H16N2OS. The number of hydrazine groups is 1. The van der Waals surface area contributed by atoms with Crippen molar-refractivity contribution in [2.24, 2.45) is 5.84 Å². The van der Waals surface area contributed by atoms with E-state index in [-0.39, 0.29) is 0 Å². The third-order valence-electron chi connectivity index (χ3n) is 3.04. The first kappa shape index (κ1) is 8.66. The highest BCUT2D eigenvalue weighted by Crippen LogP contribution is 2.33. The SMILES string of the molecule is NNC1CC2CCCC(C1)S2=O. The molecule has 2 unspecified atom stereocenters. The summed E-state index contributed by atoms with van der Waals surface area (Å²) in [4.78, 5) is 0. The van der Waals surface area contributed by atoms with E-state index in [0.717, 1.165) is 25.7 Å². The van der Waals surface area contributed by atoms with Crippen molar-refractivity contribution in [1.29, 1.82) is 0 Å². The number of hydrogen-bond acceptors (Lipinski definition) is 3. The van der Waals surface area contributed by atoms with Gasteiger partial charge in [-0.25, -0.2) is 0 Å². The summed E-state index contributed by atoms with van der Waals surface area (Å²) in [6, 6.07) is 0.415. The molecular weight excluding hydrogens is 172 g/mol. The minimum Gasteiger partial charge on any atom is -0.271 e. The highest BCUT2D eigenvalue weighted by Gasteiger charge is 2.37. The number of rotatable bonds is 1. The van der Waals surface area contributed by atoms with Gasteiger partial charge in [-0.2, -0.15) is 0 Å². The van der Waals surface area contributed by atoms with Crippen molar-refractivity contribution in [2.45, 2.75) is 48.6 Å². The van der Waals surface area contributed by atoms with Crippen LogP contribution in [-0.2, 0) is 10.8 Å². The van der Waals surface area contributed by atoms with E-state index in [1.807, 2.05) is 0 Å². The second kappa shape index (κ2) is 3.44. The smallest absolute Gasteiger partial charge is 0.0366 e. The van der Waals surface area contributed by atoms with Crippen LogP contribution in [0.4, 0.5) is 0 Å². The highest BCUT2D eigenvalue weighted by atomic mass is 32.2. The van der Waals surface area contributed by atoms with Crippen LogP contribution in [0.3, 0.4) is 0 Å². The highest BCUT2D eigenvalue weighted by molar-refractivity contribution is 7.86. The molecule has 2 fully saturated rings. The van der Waals surface area contributed by atoms with Crippen LogP contribution >= 0.6 is 0 Å². The quantitative estimate of drug-likeness (QED) is 0.459. The zero-order valence-electron chi connectivity index (χ0n) is 7.16. The van der Waals surface area contributed by atoms with E-state index < -0.39 is 10.8 Å². The molecule has 0 aromatic rings. The van der Waals surface area contributed by atoms with E-state index in [1.54, 1.807) is 0 Å². The van der Waals surface area contributed by atoms with E-state index >= 15 is 0 Å². The van der Waals surface area contributed by atoms with Gasteiger partial charge in [0.25, 0.3) is 0 Å². The lowest BCUT2D eigenvalue weighted by Gasteiger charge is -2.37. The lowest BCUT2D eigenvalue weighted by atomic mass is 9.95. The van der Waals surface area contributed by atoms with Gasteiger partial charge < -0.3 is 0 Å². The zero-order chi connectivity index (χ0) is 8.55. The molecule has 3 nitrogen and oxygen atoms in total. The van der Waals surface area contributed by atoms with Crippen molar-refractivity contribution in [3.8, 4) is 0 Å². The van der Waals surface area contributed by atoms with Crippen molar-refractivity contribution in [3.63, 3.8) is 0 Å². The van der Waals surface area contributed by atoms with Gasteiger partial charge in [-0.3, -0.25) is 15.5 Å². The summed E-state index contributed by atoms with van der Waals surface area (Å²) in [5.74, 6) is 5.40. The number of fused-ring (bicyclic) bond motifs is 2.